The molecular formula is C12H23N3O. The zero-order chi connectivity index (χ0) is 12.2. The summed E-state index contributed by atoms with van der Waals surface area (Å²) in [4.78, 5) is 6.31. The highest BCUT2D eigenvalue weighted by Gasteiger charge is 2.10. The highest BCUT2D eigenvalue weighted by atomic mass is 16.3. The first-order chi connectivity index (χ1) is 7.38. The van der Waals surface area contributed by atoms with Crippen LogP contribution in [-0.4, -0.2) is 35.6 Å². The summed E-state index contributed by atoms with van der Waals surface area (Å²) < 4.78 is 5.31. The Bertz CT molecular complexity index is 314. The Morgan fingerprint density at radius 3 is 2.62 bits per heavy atom. The largest absolute Gasteiger partial charge is 0.447 e. The van der Waals surface area contributed by atoms with Crippen LogP contribution in [-0.2, 0) is 6.54 Å². The van der Waals surface area contributed by atoms with Crippen molar-refractivity contribution in [1.82, 2.24) is 15.2 Å². The summed E-state index contributed by atoms with van der Waals surface area (Å²) in [6.45, 7) is 11.3. The van der Waals surface area contributed by atoms with Gasteiger partial charge in [-0.05, 0) is 34.7 Å². The maximum Gasteiger partial charge on any atom is 0.181 e. The van der Waals surface area contributed by atoms with Gasteiger partial charge in [0.1, 0.15) is 5.76 Å². The van der Waals surface area contributed by atoms with E-state index in [1.807, 2.05) is 6.92 Å². The molecule has 4 heteroatoms. The first-order valence-corrected chi connectivity index (χ1v) is 5.71. The molecule has 0 saturated carbocycles. The predicted octanol–water partition coefficient (Wildman–Crippen LogP) is 1.80. The molecule has 0 aliphatic heterocycles. The van der Waals surface area contributed by atoms with Gasteiger partial charge in [0, 0.05) is 18.6 Å². The Labute approximate surface area is 98.0 Å². The average molecular weight is 225 g/mol. The van der Waals surface area contributed by atoms with Gasteiger partial charge >= 0.3 is 0 Å². The number of rotatable bonds is 5. The maximum absolute atomic E-state index is 5.31. The van der Waals surface area contributed by atoms with Gasteiger partial charge in [-0.25, -0.2) is 4.98 Å². The molecule has 0 aliphatic rings. The molecule has 0 aromatic carbocycles. The predicted molar refractivity (Wildman–Crippen MR) is 65.3 cm³/mol. The third-order valence-electron chi connectivity index (χ3n) is 2.41. The minimum Gasteiger partial charge on any atom is -0.447 e. The fraction of sp³-hybridized carbons (Fsp3) is 0.750. The highest BCUT2D eigenvalue weighted by Crippen LogP contribution is 2.07. The van der Waals surface area contributed by atoms with Gasteiger partial charge in [0.05, 0.1) is 12.2 Å². The van der Waals surface area contributed by atoms with Gasteiger partial charge in [0.25, 0.3) is 0 Å². The average Bonchev–Trinajstić information content (AvgIpc) is 2.49. The Balaban J connectivity index is 2.26. The van der Waals surface area contributed by atoms with Crippen LogP contribution in [0.1, 0.15) is 32.2 Å². The zero-order valence-electron chi connectivity index (χ0n) is 11.0. The van der Waals surface area contributed by atoms with Crippen LogP contribution in [0, 0.1) is 6.92 Å². The van der Waals surface area contributed by atoms with Crippen molar-refractivity contribution in [1.29, 1.82) is 0 Å². The van der Waals surface area contributed by atoms with E-state index in [0.717, 1.165) is 31.1 Å². The van der Waals surface area contributed by atoms with Crippen molar-refractivity contribution in [3.8, 4) is 0 Å². The van der Waals surface area contributed by atoms with E-state index in [4.69, 9.17) is 4.42 Å². The number of aryl methyl sites for hydroxylation is 1. The monoisotopic (exact) mass is 225 g/mol. The number of nitrogens with one attached hydrogen (secondary N) is 1. The second-order valence-electron chi connectivity index (χ2n) is 5.28. The summed E-state index contributed by atoms with van der Waals surface area (Å²) in [5, 5.41) is 3.46. The first-order valence-electron chi connectivity index (χ1n) is 5.71. The van der Waals surface area contributed by atoms with Crippen LogP contribution in [0.15, 0.2) is 10.8 Å². The van der Waals surface area contributed by atoms with Crippen LogP contribution in [0.4, 0.5) is 0 Å². The van der Waals surface area contributed by atoms with Crippen molar-refractivity contribution in [3.63, 3.8) is 0 Å². The molecule has 0 saturated heterocycles. The number of aromatic nitrogens is 1. The molecule has 1 rings (SSSR count). The molecular weight excluding hydrogens is 202 g/mol. The van der Waals surface area contributed by atoms with E-state index < -0.39 is 0 Å². The van der Waals surface area contributed by atoms with Gasteiger partial charge in [0.15, 0.2) is 6.39 Å². The van der Waals surface area contributed by atoms with Gasteiger partial charge in [-0.15, -0.1) is 0 Å². The highest BCUT2D eigenvalue weighted by molar-refractivity contribution is 5.03. The van der Waals surface area contributed by atoms with E-state index in [1.165, 1.54) is 6.39 Å². The van der Waals surface area contributed by atoms with Crippen molar-refractivity contribution in [2.45, 2.75) is 39.8 Å². The summed E-state index contributed by atoms with van der Waals surface area (Å²) in [5.41, 5.74) is 1.17. The fourth-order valence-electron chi connectivity index (χ4n) is 1.42. The number of nitrogens with zero attached hydrogens (tertiary/aromatic N) is 2. The molecule has 1 heterocycles. The first kappa shape index (κ1) is 13.2. The molecule has 0 radical (unpaired) electrons. The van der Waals surface area contributed by atoms with Crippen LogP contribution < -0.4 is 5.32 Å². The van der Waals surface area contributed by atoms with E-state index in [0.29, 0.717) is 0 Å². The molecule has 1 aromatic heterocycles. The van der Waals surface area contributed by atoms with Crippen LogP contribution in [0.2, 0.25) is 0 Å². The van der Waals surface area contributed by atoms with Crippen molar-refractivity contribution >= 4 is 0 Å². The smallest absolute Gasteiger partial charge is 0.181 e. The Hall–Kier alpha value is -0.870. The Morgan fingerprint density at radius 2 is 2.12 bits per heavy atom. The zero-order valence-corrected chi connectivity index (χ0v) is 11.0. The third kappa shape index (κ3) is 4.77. The fourth-order valence-corrected chi connectivity index (χ4v) is 1.42. The van der Waals surface area contributed by atoms with E-state index in [9.17, 15) is 0 Å². The van der Waals surface area contributed by atoms with Crippen LogP contribution >= 0.6 is 0 Å². The topological polar surface area (TPSA) is 41.3 Å². The lowest BCUT2D eigenvalue weighted by atomic mass is 10.1. The molecule has 4 nitrogen and oxygen atoms in total. The third-order valence-corrected chi connectivity index (χ3v) is 2.41. The molecule has 0 spiro atoms. The quantitative estimate of drug-likeness (QED) is 0.829. The Morgan fingerprint density at radius 1 is 1.44 bits per heavy atom. The molecule has 0 unspecified atom stereocenters. The minimum atomic E-state index is 0.184. The van der Waals surface area contributed by atoms with Gasteiger partial charge in [0.2, 0.25) is 0 Å². The molecule has 0 fully saturated rings. The van der Waals surface area contributed by atoms with Gasteiger partial charge in [-0.2, -0.15) is 0 Å². The van der Waals surface area contributed by atoms with Crippen molar-refractivity contribution in [2.24, 2.45) is 0 Å². The molecule has 0 atom stereocenters. The summed E-state index contributed by atoms with van der Waals surface area (Å²) in [7, 11) is 2.09. The second kappa shape index (κ2) is 5.46. The molecule has 1 aromatic rings. The molecule has 0 bridgehead atoms. The molecule has 16 heavy (non-hydrogen) atoms. The van der Waals surface area contributed by atoms with Gasteiger partial charge in [-0.3, -0.25) is 4.90 Å². The number of hydrogen-bond acceptors (Lipinski definition) is 4. The second-order valence-corrected chi connectivity index (χ2v) is 5.28. The maximum atomic E-state index is 5.31. The van der Waals surface area contributed by atoms with E-state index in [2.05, 4.69) is 43.0 Å². The van der Waals surface area contributed by atoms with E-state index >= 15 is 0 Å². The van der Waals surface area contributed by atoms with Crippen LogP contribution in [0.5, 0.6) is 0 Å². The summed E-state index contributed by atoms with van der Waals surface area (Å²) in [6.07, 6.45) is 1.51. The van der Waals surface area contributed by atoms with E-state index in [-0.39, 0.29) is 5.54 Å². The van der Waals surface area contributed by atoms with E-state index in [1.54, 1.807) is 0 Å². The Kier molecular flexibility index (Phi) is 4.50. The lowest BCUT2D eigenvalue weighted by Crippen LogP contribution is -2.40. The minimum absolute atomic E-state index is 0.184. The molecule has 1 N–H and O–H groups in total. The number of oxazole rings is 1. The van der Waals surface area contributed by atoms with Crippen LogP contribution in [0.25, 0.3) is 0 Å². The summed E-state index contributed by atoms with van der Waals surface area (Å²) in [5.74, 6) is 0.957. The van der Waals surface area contributed by atoms with Crippen LogP contribution in [0.3, 0.4) is 0 Å². The number of likely N-dealkylation sites (N-methyl/N-ethyl adjacent to an activating group) is 1. The SMILES string of the molecule is Cc1ncoc1CN(C)CCNC(C)(C)C. The molecule has 92 valence electrons. The standard InChI is InChI=1S/C12H23N3O/c1-10-11(16-9-13-10)8-15(5)7-6-14-12(2,3)4/h9,14H,6-8H2,1-5H3. The lowest BCUT2D eigenvalue weighted by Gasteiger charge is -2.23. The molecule has 0 amide bonds. The normalized spacial score (nSPS) is 12.4. The summed E-state index contributed by atoms with van der Waals surface area (Å²) in [6, 6.07) is 0. The van der Waals surface area contributed by atoms with Crippen molar-refractivity contribution in [3.05, 3.63) is 17.8 Å². The lowest BCUT2D eigenvalue weighted by molar-refractivity contribution is 0.279. The van der Waals surface area contributed by atoms with Crippen molar-refractivity contribution < 1.29 is 4.42 Å². The van der Waals surface area contributed by atoms with Gasteiger partial charge < -0.3 is 9.73 Å². The number of hydrogen-bond donors (Lipinski definition) is 1. The molecule has 0 aliphatic carbocycles. The van der Waals surface area contributed by atoms with Crippen molar-refractivity contribution in [2.75, 3.05) is 20.1 Å². The van der Waals surface area contributed by atoms with Gasteiger partial charge in [-0.1, -0.05) is 0 Å². The summed E-state index contributed by atoms with van der Waals surface area (Å²) >= 11 is 0.